The number of nitrogens with zero attached hydrogens (tertiary/aromatic N) is 1. The summed E-state index contributed by atoms with van der Waals surface area (Å²) in [6.45, 7) is 3.61. The van der Waals surface area contributed by atoms with Crippen molar-refractivity contribution in [2.24, 2.45) is 5.92 Å². The second-order valence-electron chi connectivity index (χ2n) is 4.84. The van der Waals surface area contributed by atoms with Crippen LogP contribution in [0, 0.1) is 5.92 Å². The standard InChI is InChI=1S/C13H23NO3/c1-3-17-13(16)8-7-12(15)10-14(2)9-11-5-4-6-11/h11H,3-10H2,1-2H3. The van der Waals surface area contributed by atoms with Crippen LogP contribution >= 0.6 is 0 Å². The molecule has 1 rings (SSSR count). The van der Waals surface area contributed by atoms with Crippen LogP contribution in [0.4, 0.5) is 0 Å². The van der Waals surface area contributed by atoms with Crippen molar-refractivity contribution < 1.29 is 14.3 Å². The maximum Gasteiger partial charge on any atom is 0.306 e. The van der Waals surface area contributed by atoms with Gasteiger partial charge >= 0.3 is 5.97 Å². The van der Waals surface area contributed by atoms with E-state index in [0.717, 1.165) is 12.5 Å². The number of ketones is 1. The Morgan fingerprint density at radius 2 is 2.00 bits per heavy atom. The van der Waals surface area contributed by atoms with Crippen molar-refractivity contribution in [3.63, 3.8) is 0 Å². The van der Waals surface area contributed by atoms with Crippen LogP contribution in [0.25, 0.3) is 0 Å². The van der Waals surface area contributed by atoms with Gasteiger partial charge in [0.25, 0.3) is 0 Å². The number of likely N-dealkylation sites (N-methyl/N-ethyl adjacent to an activating group) is 1. The molecule has 0 bridgehead atoms. The number of carbonyl (C=O) groups excluding carboxylic acids is 2. The molecule has 1 fully saturated rings. The van der Waals surface area contributed by atoms with Crippen LogP contribution in [-0.2, 0) is 14.3 Å². The fourth-order valence-corrected chi connectivity index (χ4v) is 2.04. The zero-order valence-corrected chi connectivity index (χ0v) is 10.9. The molecule has 0 N–H and O–H groups in total. The second-order valence-corrected chi connectivity index (χ2v) is 4.84. The van der Waals surface area contributed by atoms with Gasteiger partial charge < -0.3 is 4.74 Å². The second kappa shape index (κ2) is 7.43. The molecule has 0 unspecified atom stereocenters. The largest absolute Gasteiger partial charge is 0.466 e. The molecule has 0 aliphatic heterocycles. The number of hydrogen-bond acceptors (Lipinski definition) is 4. The van der Waals surface area contributed by atoms with Gasteiger partial charge in [0.1, 0.15) is 5.78 Å². The normalized spacial score (nSPS) is 15.7. The van der Waals surface area contributed by atoms with Gasteiger partial charge in [-0.1, -0.05) is 6.42 Å². The minimum absolute atomic E-state index is 0.125. The Kier molecular flexibility index (Phi) is 6.19. The molecule has 1 aliphatic rings. The lowest BCUT2D eigenvalue weighted by atomic mass is 9.85. The first-order chi connectivity index (χ1) is 8.11. The van der Waals surface area contributed by atoms with Crippen molar-refractivity contribution >= 4 is 11.8 Å². The lowest BCUT2D eigenvalue weighted by molar-refractivity contribution is -0.144. The summed E-state index contributed by atoms with van der Waals surface area (Å²) >= 11 is 0. The number of hydrogen-bond donors (Lipinski definition) is 0. The Hall–Kier alpha value is -0.900. The van der Waals surface area contributed by atoms with Gasteiger partial charge in [-0.15, -0.1) is 0 Å². The van der Waals surface area contributed by atoms with Crippen LogP contribution in [0.3, 0.4) is 0 Å². The van der Waals surface area contributed by atoms with Crippen LogP contribution in [-0.4, -0.2) is 43.4 Å². The number of Topliss-reactive ketones (excluding diaryl/α,β-unsaturated/α-hetero) is 1. The summed E-state index contributed by atoms with van der Waals surface area (Å²) in [5.74, 6) is 0.625. The highest BCUT2D eigenvalue weighted by atomic mass is 16.5. The monoisotopic (exact) mass is 241 g/mol. The molecule has 1 saturated carbocycles. The summed E-state index contributed by atoms with van der Waals surface area (Å²) < 4.78 is 4.78. The molecule has 0 aromatic carbocycles. The predicted molar refractivity (Wildman–Crippen MR) is 65.7 cm³/mol. The topological polar surface area (TPSA) is 46.6 Å². The molecule has 0 atom stereocenters. The summed E-state index contributed by atoms with van der Waals surface area (Å²) in [4.78, 5) is 24.7. The minimum Gasteiger partial charge on any atom is -0.466 e. The predicted octanol–water partition coefficient (Wildman–Crippen LogP) is 1.63. The van der Waals surface area contributed by atoms with Gasteiger partial charge in [0.2, 0.25) is 0 Å². The number of ether oxygens (including phenoxy) is 1. The molecule has 0 spiro atoms. The van der Waals surface area contributed by atoms with Crippen LogP contribution in [0.15, 0.2) is 0 Å². The Labute approximate surface area is 103 Å². The highest BCUT2D eigenvalue weighted by Gasteiger charge is 2.20. The van der Waals surface area contributed by atoms with Crippen molar-refractivity contribution in [3.05, 3.63) is 0 Å². The lowest BCUT2D eigenvalue weighted by Gasteiger charge is -2.29. The third-order valence-electron chi connectivity index (χ3n) is 3.15. The molecular formula is C13H23NO3. The van der Waals surface area contributed by atoms with Crippen molar-refractivity contribution in [1.82, 2.24) is 4.90 Å². The first-order valence-electron chi connectivity index (χ1n) is 6.47. The molecular weight excluding hydrogens is 218 g/mol. The van der Waals surface area contributed by atoms with E-state index in [1.165, 1.54) is 19.3 Å². The summed E-state index contributed by atoms with van der Waals surface area (Å²) in [5.41, 5.74) is 0. The number of rotatable bonds is 8. The molecule has 0 amide bonds. The van der Waals surface area contributed by atoms with Crippen LogP contribution < -0.4 is 0 Å². The molecule has 0 saturated heterocycles. The summed E-state index contributed by atoms with van der Waals surface area (Å²) in [5, 5.41) is 0. The Morgan fingerprint density at radius 3 is 2.53 bits per heavy atom. The smallest absolute Gasteiger partial charge is 0.306 e. The fraction of sp³-hybridized carbons (Fsp3) is 0.846. The molecule has 0 aromatic rings. The van der Waals surface area contributed by atoms with Gasteiger partial charge in [-0.2, -0.15) is 0 Å². The Morgan fingerprint density at radius 1 is 1.29 bits per heavy atom. The molecule has 4 nitrogen and oxygen atoms in total. The van der Waals surface area contributed by atoms with E-state index in [2.05, 4.69) is 4.90 Å². The fourth-order valence-electron chi connectivity index (χ4n) is 2.04. The van der Waals surface area contributed by atoms with Crippen molar-refractivity contribution in [2.75, 3.05) is 26.7 Å². The molecule has 1 aliphatic carbocycles. The quantitative estimate of drug-likeness (QED) is 0.606. The third kappa shape index (κ3) is 5.82. The zero-order chi connectivity index (χ0) is 12.7. The van der Waals surface area contributed by atoms with Crippen molar-refractivity contribution in [1.29, 1.82) is 0 Å². The lowest BCUT2D eigenvalue weighted by Crippen LogP contribution is -2.33. The summed E-state index contributed by atoms with van der Waals surface area (Å²) in [6, 6.07) is 0. The van der Waals surface area contributed by atoms with Gasteiger partial charge in [-0.3, -0.25) is 14.5 Å². The van der Waals surface area contributed by atoms with E-state index in [0.29, 0.717) is 19.6 Å². The zero-order valence-electron chi connectivity index (χ0n) is 10.9. The van der Waals surface area contributed by atoms with Crippen LogP contribution in [0.1, 0.15) is 39.0 Å². The average molecular weight is 241 g/mol. The maximum absolute atomic E-state index is 11.6. The van der Waals surface area contributed by atoms with Crippen molar-refractivity contribution in [2.45, 2.75) is 39.0 Å². The molecule has 0 radical (unpaired) electrons. The van der Waals surface area contributed by atoms with Crippen molar-refractivity contribution in [3.8, 4) is 0 Å². The Balaban J connectivity index is 2.08. The van der Waals surface area contributed by atoms with Gasteiger partial charge in [0.05, 0.1) is 19.6 Å². The van der Waals surface area contributed by atoms with E-state index in [1.807, 2.05) is 7.05 Å². The highest BCUT2D eigenvalue weighted by molar-refractivity contribution is 5.84. The first kappa shape index (κ1) is 14.2. The van der Waals surface area contributed by atoms with Gasteiger partial charge in [-0.05, 0) is 32.7 Å². The maximum atomic E-state index is 11.6. The van der Waals surface area contributed by atoms with Gasteiger partial charge in [0.15, 0.2) is 0 Å². The van der Waals surface area contributed by atoms with Crippen LogP contribution in [0.2, 0.25) is 0 Å². The molecule has 4 heteroatoms. The molecule has 0 heterocycles. The van der Waals surface area contributed by atoms with E-state index < -0.39 is 0 Å². The highest BCUT2D eigenvalue weighted by Crippen LogP contribution is 2.26. The van der Waals surface area contributed by atoms with Crippen LogP contribution in [0.5, 0.6) is 0 Å². The molecule has 0 aromatic heterocycles. The number of esters is 1. The van der Waals surface area contributed by atoms with E-state index in [-0.39, 0.29) is 18.2 Å². The van der Waals surface area contributed by atoms with E-state index in [9.17, 15) is 9.59 Å². The van der Waals surface area contributed by atoms with E-state index in [4.69, 9.17) is 4.74 Å². The SMILES string of the molecule is CCOC(=O)CCC(=O)CN(C)CC1CCC1. The number of carbonyl (C=O) groups is 2. The molecule has 17 heavy (non-hydrogen) atoms. The van der Waals surface area contributed by atoms with E-state index in [1.54, 1.807) is 6.92 Å². The minimum atomic E-state index is -0.275. The molecule has 98 valence electrons. The first-order valence-corrected chi connectivity index (χ1v) is 6.47. The van der Waals surface area contributed by atoms with Gasteiger partial charge in [-0.25, -0.2) is 0 Å². The van der Waals surface area contributed by atoms with E-state index >= 15 is 0 Å². The summed E-state index contributed by atoms with van der Waals surface area (Å²) in [7, 11) is 1.97. The average Bonchev–Trinajstić information content (AvgIpc) is 2.21. The summed E-state index contributed by atoms with van der Waals surface area (Å²) in [6.07, 6.45) is 4.43. The Bertz CT molecular complexity index is 261. The third-order valence-corrected chi connectivity index (χ3v) is 3.15. The van der Waals surface area contributed by atoms with Gasteiger partial charge in [0, 0.05) is 13.0 Å².